The highest BCUT2D eigenvalue weighted by Gasteiger charge is 2.11. The molecule has 0 aliphatic heterocycles. The van der Waals surface area contributed by atoms with E-state index in [1.807, 2.05) is 25.1 Å². The van der Waals surface area contributed by atoms with Crippen LogP contribution in [0.3, 0.4) is 0 Å². The molecule has 0 spiro atoms. The van der Waals surface area contributed by atoms with E-state index in [0.29, 0.717) is 29.7 Å². The quantitative estimate of drug-likeness (QED) is 0.402. The van der Waals surface area contributed by atoms with Crippen LogP contribution in [-0.2, 0) is 6.54 Å². The Morgan fingerprint density at radius 2 is 2.00 bits per heavy atom. The van der Waals surface area contributed by atoms with Gasteiger partial charge in [-0.2, -0.15) is 4.98 Å². The van der Waals surface area contributed by atoms with Crippen molar-refractivity contribution in [3.63, 3.8) is 0 Å². The number of aliphatic hydroxyl groups is 1. The summed E-state index contributed by atoms with van der Waals surface area (Å²) < 4.78 is 0. The van der Waals surface area contributed by atoms with Gasteiger partial charge in [0, 0.05) is 37.0 Å². The molecule has 0 saturated carbocycles. The Bertz CT molecular complexity index is 951. The molecule has 0 bridgehead atoms. The summed E-state index contributed by atoms with van der Waals surface area (Å²) >= 11 is 0. The number of non-ortho nitro benzene ring substituents is 1. The first-order chi connectivity index (χ1) is 13.5. The summed E-state index contributed by atoms with van der Waals surface area (Å²) in [4.78, 5) is 23.7. The number of pyridine rings is 1. The Labute approximate surface area is 161 Å². The van der Waals surface area contributed by atoms with Crippen LogP contribution in [0.25, 0.3) is 11.4 Å². The number of rotatable bonds is 8. The highest BCUT2D eigenvalue weighted by molar-refractivity contribution is 5.61. The van der Waals surface area contributed by atoms with E-state index in [1.54, 1.807) is 24.4 Å². The Kier molecular flexibility index (Phi) is 6.07. The first kappa shape index (κ1) is 19.2. The van der Waals surface area contributed by atoms with Crippen molar-refractivity contribution >= 4 is 17.5 Å². The minimum absolute atomic E-state index is 0.0373. The SMILES string of the molecule is C[C@H](CO)Nc1nc(NCc2cccc([N+](=O)[O-])c2)cc(-c2ccccn2)n1. The summed E-state index contributed by atoms with van der Waals surface area (Å²) in [6, 6.07) is 13.5. The van der Waals surface area contributed by atoms with Gasteiger partial charge >= 0.3 is 0 Å². The van der Waals surface area contributed by atoms with E-state index >= 15 is 0 Å². The van der Waals surface area contributed by atoms with Crippen molar-refractivity contribution in [2.75, 3.05) is 17.2 Å². The van der Waals surface area contributed by atoms with E-state index in [2.05, 4.69) is 25.6 Å². The zero-order valence-electron chi connectivity index (χ0n) is 15.2. The van der Waals surface area contributed by atoms with Gasteiger partial charge in [-0.15, -0.1) is 0 Å². The number of hydrogen-bond acceptors (Lipinski definition) is 8. The number of aromatic nitrogens is 3. The molecule has 0 aliphatic carbocycles. The fourth-order valence-electron chi connectivity index (χ4n) is 2.49. The lowest BCUT2D eigenvalue weighted by molar-refractivity contribution is -0.384. The summed E-state index contributed by atoms with van der Waals surface area (Å²) in [5, 5.41) is 26.4. The summed E-state index contributed by atoms with van der Waals surface area (Å²) in [6.07, 6.45) is 1.68. The van der Waals surface area contributed by atoms with Crippen molar-refractivity contribution < 1.29 is 10.0 Å². The number of aliphatic hydroxyl groups excluding tert-OH is 1. The fourth-order valence-corrected chi connectivity index (χ4v) is 2.49. The second-order valence-electron chi connectivity index (χ2n) is 6.19. The van der Waals surface area contributed by atoms with E-state index in [4.69, 9.17) is 0 Å². The largest absolute Gasteiger partial charge is 0.394 e. The maximum atomic E-state index is 10.9. The molecule has 1 aromatic carbocycles. The lowest BCUT2D eigenvalue weighted by atomic mass is 10.2. The number of anilines is 2. The third-order valence-corrected chi connectivity index (χ3v) is 3.90. The van der Waals surface area contributed by atoms with Crippen molar-refractivity contribution in [3.05, 3.63) is 70.4 Å². The summed E-state index contributed by atoms with van der Waals surface area (Å²) in [7, 11) is 0. The van der Waals surface area contributed by atoms with Gasteiger partial charge in [0.2, 0.25) is 5.95 Å². The smallest absolute Gasteiger partial charge is 0.269 e. The molecular formula is C19H20N6O3. The van der Waals surface area contributed by atoms with Crippen LogP contribution in [0.4, 0.5) is 17.5 Å². The molecular weight excluding hydrogens is 360 g/mol. The second kappa shape index (κ2) is 8.87. The lowest BCUT2D eigenvalue weighted by Gasteiger charge is -2.14. The first-order valence-corrected chi connectivity index (χ1v) is 8.70. The first-order valence-electron chi connectivity index (χ1n) is 8.70. The van der Waals surface area contributed by atoms with Crippen molar-refractivity contribution in [2.24, 2.45) is 0 Å². The average molecular weight is 380 g/mol. The van der Waals surface area contributed by atoms with Gasteiger partial charge in [0.15, 0.2) is 0 Å². The van der Waals surface area contributed by atoms with Crippen molar-refractivity contribution in [1.29, 1.82) is 0 Å². The van der Waals surface area contributed by atoms with Crippen LogP contribution in [0.5, 0.6) is 0 Å². The Morgan fingerprint density at radius 1 is 1.14 bits per heavy atom. The van der Waals surface area contributed by atoms with Crippen molar-refractivity contribution in [1.82, 2.24) is 15.0 Å². The van der Waals surface area contributed by atoms with Gasteiger partial charge in [-0.3, -0.25) is 15.1 Å². The molecule has 9 nitrogen and oxygen atoms in total. The number of nitrogens with zero attached hydrogens (tertiary/aromatic N) is 4. The van der Waals surface area contributed by atoms with Crippen LogP contribution in [0.2, 0.25) is 0 Å². The summed E-state index contributed by atoms with van der Waals surface area (Å²) in [5.74, 6) is 0.890. The molecule has 0 fully saturated rings. The maximum absolute atomic E-state index is 10.9. The highest BCUT2D eigenvalue weighted by atomic mass is 16.6. The summed E-state index contributed by atoms with van der Waals surface area (Å²) in [5.41, 5.74) is 2.09. The molecule has 0 unspecified atom stereocenters. The Balaban J connectivity index is 1.85. The molecule has 9 heteroatoms. The van der Waals surface area contributed by atoms with Gasteiger partial charge in [-0.25, -0.2) is 4.98 Å². The Hall–Kier alpha value is -3.59. The van der Waals surface area contributed by atoms with Gasteiger partial charge in [0.1, 0.15) is 5.82 Å². The third kappa shape index (κ3) is 4.98. The molecule has 28 heavy (non-hydrogen) atoms. The van der Waals surface area contributed by atoms with Gasteiger partial charge in [-0.1, -0.05) is 18.2 Å². The standard InChI is InChI=1S/C19H20N6O3/c1-13(12-26)22-19-23-17(16-7-2-3-8-20-16)10-18(24-19)21-11-14-5-4-6-15(9-14)25(27)28/h2-10,13,26H,11-12H2,1H3,(H2,21,22,23,24)/t13-/m1/s1. The van der Waals surface area contributed by atoms with E-state index in [-0.39, 0.29) is 18.3 Å². The van der Waals surface area contributed by atoms with Crippen LogP contribution in [-0.4, -0.2) is 37.6 Å². The fraction of sp³-hybridized carbons (Fsp3) is 0.211. The number of nitro benzene ring substituents is 1. The van der Waals surface area contributed by atoms with Crippen molar-refractivity contribution in [2.45, 2.75) is 19.5 Å². The van der Waals surface area contributed by atoms with Gasteiger partial charge in [0.05, 0.1) is 22.9 Å². The second-order valence-corrected chi connectivity index (χ2v) is 6.19. The number of hydrogen-bond donors (Lipinski definition) is 3. The van der Waals surface area contributed by atoms with Gasteiger partial charge < -0.3 is 15.7 Å². The van der Waals surface area contributed by atoms with E-state index in [0.717, 1.165) is 5.56 Å². The third-order valence-electron chi connectivity index (χ3n) is 3.90. The Morgan fingerprint density at radius 3 is 2.71 bits per heavy atom. The van der Waals surface area contributed by atoms with E-state index in [1.165, 1.54) is 12.1 Å². The monoisotopic (exact) mass is 380 g/mol. The minimum atomic E-state index is -0.425. The highest BCUT2D eigenvalue weighted by Crippen LogP contribution is 2.21. The lowest BCUT2D eigenvalue weighted by Crippen LogP contribution is -2.21. The molecule has 2 aromatic heterocycles. The predicted octanol–water partition coefficient (Wildman–Crippen LogP) is 2.85. The number of nitrogens with one attached hydrogen (secondary N) is 2. The molecule has 0 saturated heterocycles. The molecule has 3 rings (SSSR count). The zero-order valence-corrected chi connectivity index (χ0v) is 15.2. The number of benzene rings is 1. The summed E-state index contributed by atoms with van der Waals surface area (Å²) in [6.45, 7) is 2.11. The molecule has 0 radical (unpaired) electrons. The van der Waals surface area contributed by atoms with Crippen LogP contribution in [0, 0.1) is 10.1 Å². The normalized spacial score (nSPS) is 11.6. The topological polar surface area (TPSA) is 126 Å². The van der Waals surface area contributed by atoms with E-state index < -0.39 is 4.92 Å². The predicted molar refractivity (Wildman–Crippen MR) is 106 cm³/mol. The van der Waals surface area contributed by atoms with Crippen LogP contribution in [0.1, 0.15) is 12.5 Å². The molecule has 0 amide bonds. The van der Waals surface area contributed by atoms with Crippen molar-refractivity contribution in [3.8, 4) is 11.4 Å². The van der Waals surface area contributed by atoms with Crippen LogP contribution < -0.4 is 10.6 Å². The number of nitro groups is 1. The molecule has 3 aromatic rings. The molecule has 0 aliphatic rings. The van der Waals surface area contributed by atoms with Crippen LogP contribution in [0.15, 0.2) is 54.7 Å². The molecule has 144 valence electrons. The maximum Gasteiger partial charge on any atom is 0.269 e. The minimum Gasteiger partial charge on any atom is -0.394 e. The molecule has 1 atom stereocenters. The zero-order chi connectivity index (χ0) is 19.9. The van der Waals surface area contributed by atoms with E-state index in [9.17, 15) is 15.2 Å². The van der Waals surface area contributed by atoms with Crippen LogP contribution >= 0.6 is 0 Å². The molecule has 2 heterocycles. The average Bonchev–Trinajstić information content (AvgIpc) is 2.73. The van der Waals surface area contributed by atoms with Gasteiger partial charge in [-0.05, 0) is 24.6 Å². The molecule has 3 N–H and O–H groups in total. The van der Waals surface area contributed by atoms with Gasteiger partial charge in [0.25, 0.3) is 5.69 Å².